The number of nitrogens with zero attached hydrogens (tertiary/aromatic N) is 2. The Morgan fingerprint density at radius 1 is 1.42 bits per heavy atom. The van der Waals surface area contributed by atoms with Gasteiger partial charge in [0.15, 0.2) is 5.82 Å². The maximum atomic E-state index is 5.64. The van der Waals surface area contributed by atoms with Gasteiger partial charge in [-0.2, -0.15) is 4.98 Å². The normalized spacial score (nSPS) is 20.0. The summed E-state index contributed by atoms with van der Waals surface area (Å²) in [5.74, 6) is 1.86. The van der Waals surface area contributed by atoms with Crippen molar-refractivity contribution in [3.63, 3.8) is 0 Å². The number of aromatic nitrogens is 2. The average Bonchev–Trinajstić information content (AvgIpc) is 2.95. The minimum absolute atomic E-state index is 0.125. The second kappa shape index (κ2) is 5.13. The lowest BCUT2D eigenvalue weighted by Gasteiger charge is -2.22. The van der Waals surface area contributed by atoms with E-state index < -0.39 is 0 Å². The Morgan fingerprint density at radius 2 is 2.26 bits per heavy atom. The van der Waals surface area contributed by atoms with Crippen LogP contribution in [0.2, 0.25) is 0 Å². The zero-order valence-corrected chi connectivity index (χ0v) is 11.2. The van der Waals surface area contributed by atoms with Crippen LogP contribution in [-0.4, -0.2) is 16.7 Å². The lowest BCUT2D eigenvalue weighted by molar-refractivity contribution is 0.354. The Hall–Kier alpha value is -1.68. The smallest absolute Gasteiger partial charge is 0.230 e. The first-order valence-electron chi connectivity index (χ1n) is 6.91. The molecule has 4 heteroatoms. The van der Waals surface area contributed by atoms with Crippen LogP contribution >= 0.6 is 0 Å². The van der Waals surface area contributed by atoms with E-state index in [1.54, 1.807) is 0 Å². The van der Waals surface area contributed by atoms with Gasteiger partial charge in [-0.3, -0.25) is 0 Å². The molecule has 0 radical (unpaired) electrons. The number of nitrogens with two attached hydrogens (primary N) is 1. The highest BCUT2D eigenvalue weighted by Gasteiger charge is 2.26. The van der Waals surface area contributed by atoms with E-state index in [4.69, 9.17) is 10.3 Å². The predicted molar refractivity (Wildman–Crippen MR) is 73.0 cm³/mol. The molecular weight excluding hydrogens is 238 g/mol. The summed E-state index contributed by atoms with van der Waals surface area (Å²) in [4.78, 5) is 4.55. The summed E-state index contributed by atoms with van der Waals surface area (Å²) in [5.41, 5.74) is 8.40. The van der Waals surface area contributed by atoms with E-state index in [-0.39, 0.29) is 11.8 Å². The Kier molecular flexibility index (Phi) is 3.34. The first-order chi connectivity index (χ1) is 9.29. The number of hydrogen-bond donors (Lipinski definition) is 1. The van der Waals surface area contributed by atoms with Crippen LogP contribution in [0.15, 0.2) is 28.8 Å². The molecule has 1 aliphatic carbocycles. The van der Waals surface area contributed by atoms with E-state index in [9.17, 15) is 0 Å². The van der Waals surface area contributed by atoms with Crippen molar-refractivity contribution in [2.75, 3.05) is 6.54 Å². The van der Waals surface area contributed by atoms with Crippen LogP contribution < -0.4 is 5.73 Å². The van der Waals surface area contributed by atoms with Crippen molar-refractivity contribution >= 4 is 0 Å². The van der Waals surface area contributed by atoms with E-state index >= 15 is 0 Å². The first-order valence-corrected chi connectivity index (χ1v) is 6.91. The SMILES string of the molecule is CC(CN)c1nc(C2CCCc3ccccc32)no1. The van der Waals surface area contributed by atoms with Gasteiger partial charge in [0.1, 0.15) is 0 Å². The maximum absolute atomic E-state index is 5.64. The minimum Gasteiger partial charge on any atom is -0.339 e. The van der Waals surface area contributed by atoms with Gasteiger partial charge in [-0.25, -0.2) is 0 Å². The van der Waals surface area contributed by atoms with Crippen LogP contribution in [0.25, 0.3) is 0 Å². The molecule has 1 aromatic carbocycles. The first kappa shape index (κ1) is 12.4. The van der Waals surface area contributed by atoms with E-state index in [1.807, 2.05) is 6.92 Å². The van der Waals surface area contributed by atoms with Gasteiger partial charge in [0, 0.05) is 18.4 Å². The molecule has 0 saturated heterocycles. The summed E-state index contributed by atoms with van der Waals surface area (Å²) in [6.45, 7) is 2.54. The molecule has 1 aromatic heterocycles. The van der Waals surface area contributed by atoms with Gasteiger partial charge in [0.25, 0.3) is 0 Å². The Balaban J connectivity index is 1.93. The van der Waals surface area contributed by atoms with E-state index in [0.29, 0.717) is 12.4 Å². The second-order valence-corrected chi connectivity index (χ2v) is 5.27. The van der Waals surface area contributed by atoms with Gasteiger partial charge in [0.05, 0.1) is 0 Å². The van der Waals surface area contributed by atoms with E-state index in [2.05, 4.69) is 34.4 Å². The molecule has 100 valence electrons. The topological polar surface area (TPSA) is 64.9 Å². The second-order valence-electron chi connectivity index (χ2n) is 5.27. The number of fused-ring (bicyclic) bond motifs is 1. The van der Waals surface area contributed by atoms with Gasteiger partial charge < -0.3 is 10.3 Å². The van der Waals surface area contributed by atoms with Crippen molar-refractivity contribution < 1.29 is 4.52 Å². The van der Waals surface area contributed by atoms with Gasteiger partial charge in [0.2, 0.25) is 5.89 Å². The molecule has 1 aliphatic rings. The Labute approximate surface area is 113 Å². The third-order valence-corrected chi connectivity index (χ3v) is 3.91. The number of benzene rings is 1. The van der Waals surface area contributed by atoms with Crippen molar-refractivity contribution in [2.24, 2.45) is 5.73 Å². The lowest BCUT2D eigenvalue weighted by atomic mass is 9.82. The molecule has 0 bridgehead atoms. The van der Waals surface area contributed by atoms with Crippen molar-refractivity contribution in [1.82, 2.24) is 10.1 Å². The number of hydrogen-bond acceptors (Lipinski definition) is 4. The largest absolute Gasteiger partial charge is 0.339 e. The highest BCUT2D eigenvalue weighted by Crippen LogP contribution is 2.35. The quantitative estimate of drug-likeness (QED) is 0.918. The van der Waals surface area contributed by atoms with Gasteiger partial charge >= 0.3 is 0 Å². The van der Waals surface area contributed by atoms with Crippen LogP contribution in [-0.2, 0) is 6.42 Å². The summed E-state index contributed by atoms with van der Waals surface area (Å²) < 4.78 is 5.34. The molecule has 2 unspecified atom stereocenters. The zero-order valence-electron chi connectivity index (χ0n) is 11.2. The van der Waals surface area contributed by atoms with Crippen LogP contribution in [0, 0.1) is 0 Å². The van der Waals surface area contributed by atoms with Crippen molar-refractivity contribution in [3.8, 4) is 0 Å². The molecule has 1 heterocycles. The summed E-state index contributed by atoms with van der Waals surface area (Å²) in [5, 5.41) is 4.17. The third-order valence-electron chi connectivity index (χ3n) is 3.91. The molecule has 0 aliphatic heterocycles. The molecular formula is C15H19N3O. The number of aryl methyl sites for hydroxylation is 1. The monoisotopic (exact) mass is 257 g/mol. The fourth-order valence-corrected chi connectivity index (χ4v) is 2.71. The Morgan fingerprint density at radius 3 is 3.11 bits per heavy atom. The molecule has 0 spiro atoms. The van der Waals surface area contributed by atoms with Gasteiger partial charge in [-0.15, -0.1) is 0 Å². The van der Waals surface area contributed by atoms with Crippen LogP contribution in [0.4, 0.5) is 0 Å². The van der Waals surface area contributed by atoms with Crippen molar-refractivity contribution in [1.29, 1.82) is 0 Å². The van der Waals surface area contributed by atoms with E-state index in [0.717, 1.165) is 18.7 Å². The minimum atomic E-state index is 0.125. The lowest BCUT2D eigenvalue weighted by Crippen LogP contribution is -2.13. The van der Waals surface area contributed by atoms with Crippen LogP contribution in [0.1, 0.15) is 54.4 Å². The van der Waals surface area contributed by atoms with Gasteiger partial charge in [-0.1, -0.05) is 36.3 Å². The molecule has 4 nitrogen and oxygen atoms in total. The molecule has 2 N–H and O–H groups in total. The van der Waals surface area contributed by atoms with E-state index in [1.165, 1.54) is 17.5 Å². The van der Waals surface area contributed by atoms with Crippen molar-refractivity contribution in [2.45, 2.75) is 38.0 Å². The van der Waals surface area contributed by atoms with Gasteiger partial charge in [-0.05, 0) is 30.4 Å². The summed E-state index contributed by atoms with van der Waals surface area (Å²) in [6, 6.07) is 8.56. The molecule has 2 aromatic rings. The fraction of sp³-hybridized carbons (Fsp3) is 0.467. The Bertz CT molecular complexity index is 564. The third kappa shape index (κ3) is 2.28. The summed E-state index contributed by atoms with van der Waals surface area (Å²) in [7, 11) is 0. The zero-order chi connectivity index (χ0) is 13.2. The van der Waals surface area contributed by atoms with Crippen LogP contribution in [0.5, 0.6) is 0 Å². The highest BCUT2D eigenvalue weighted by atomic mass is 16.5. The highest BCUT2D eigenvalue weighted by molar-refractivity contribution is 5.36. The predicted octanol–water partition coefficient (Wildman–Crippen LogP) is 2.60. The maximum Gasteiger partial charge on any atom is 0.230 e. The average molecular weight is 257 g/mol. The number of rotatable bonds is 3. The fourth-order valence-electron chi connectivity index (χ4n) is 2.71. The summed E-state index contributed by atoms with van der Waals surface area (Å²) >= 11 is 0. The van der Waals surface area contributed by atoms with Crippen molar-refractivity contribution in [3.05, 3.63) is 47.1 Å². The molecule has 2 atom stereocenters. The molecule has 3 rings (SSSR count). The molecule has 19 heavy (non-hydrogen) atoms. The van der Waals surface area contributed by atoms with Crippen LogP contribution in [0.3, 0.4) is 0 Å². The standard InChI is InChI=1S/C15H19N3O/c1-10(9-16)15-17-14(18-19-15)13-8-4-6-11-5-2-3-7-12(11)13/h2-3,5,7,10,13H,4,6,8-9,16H2,1H3. The summed E-state index contributed by atoms with van der Waals surface area (Å²) in [6.07, 6.45) is 3.42. The molecule has 0 fully saturated rings. The molecule has 0 amide bonds. The molecule has 0 saturated carbocycles.